The van der Waals surface area contributed by atoms with Crippen molar-refractivity contribution in [3.63, 3.8) is 0 Å². The predicted octanol–water partition coefficient (Wildman–Crippen LogP) is 1.64. The van der Waals surface area contributed by atoms with Gasteiger partial charge in [0.2, 0.25) is 0 Å². The van der Waals surface area contributed by atoms with Gasteiger partial charge in [0.05, 0.1) is 0 Å². The Bertz CT molecular complexity index is 582. The Morgan fingerprint density at radius 1 is 1.33 bits per heavy atom. The van der Waals surface area contributed by atoms with Crippen molar-refractivity contribution in [3.05, 3.63) is 49.1 Å². The Morgan fingerprint density at radius 2 is 2.05 bits per heavy atom. The Morgan fingerprint density at radius 3 is 2.76 bits per heavy atom. The SMILES string of the molecule is CC1(COc2ccc(N)cc2)COC(N2C=CNC=C2)=N1. The number of hydrogen-bond donors (Lipinski definition) is 2. The van der Waals surface area contributed by atoms with Gasteiger partial charge in [0.15, 0.2) is 0 Å². The molecule has 1 unspecified atom stereocenters. The molecule has 6 nitrogen and oxygen atoms in total. The van der Waals surface area contributed by atoms with Gasteiger partial charge in [0.1, 0.15) is 24.5 Å². The van der Waals surface area contributed by atoms with Crippen LogP contribution in [0.3, 0.4) is 0 Å². The molecule has 0 saturated carbocycles. The number of amidine groups is 1. The highest BCUT2D eigenvalue weighted by atomic mass is 16.5. The van der Waals surface area contributed by atoms with E-state index in [0.717, 1.165) is 11.4 Å². The van der Waals surface area contributed by atoms with Crippen molar-refractivity contribution in [2.24, 2.45) is 4.99 Å². The van der Waals surface area contributed by atoms with Gasteiger partial charge in [-0.3, -0.25) is 4.90 Å². The molecule has 0 fully saturated rings. The van der Waals surface area contributed by atoms with Crippen LogP contribution in [0.25, 0.3) is 0 Å². The first-order chi connectivity index (χ1) is 10.1. The van der Waals surface area contributed by atoms with Crippen LogP contribution in [0.4, 0.5) is 5.69 Å². The summed E-state index contributed by atoms with van der Waals surface area (Å²) in [5, 5.41) is 2.96. The summed E-state index contributed by atoms with van der Waals surface area (Å²) in [7, 11) is 0. The van der Waals surface area contributed by atoms with E-state index in [2.05, 4.69) is 10.3 Å². The van der Waals surface area contributed by atoms with Crippen molar-refractivity contribution >= 4 is 11.7 Å². The smallest absolute Gasteiger partial charge is 0.296 e. The summed E-state index contributed by atoms with van der Waals surface area (Å²) >= 11 is 0. The monoisotopic (exact) mass is 286 g/mol. The largest absolute Gasteiger partial charge is 0.491 e. The summed E-state index contributed by atoms with van der Waals surface area (Å²) in [5.74, 6) is 0.774. The molecule has 3 rings (SSSR count). The molecule has 6 heteroatoms. The third-order valence-electron chi connectivity index (χ3n) is 3.19. The van der Waals surface area contributed by atoms with Crippen LogP contribution < -0.4 is 15.8 Å². The number of anilines is 1. The zero-order chi connectivity index (χ0) is 14.7. The second kappa shape index (κ2) is 5.40. The summed E-state index contributed by atoms with van der Waals surface area (Å²) in [6.45, 7) is 2.94. The third kappa shape index (κ3) is 3.10. The van der Waals surface area contributed by atoms with Gasteiger partial charge >= 0.3 is 0 Å². The molecule has 0 aromatic heterocycles. The van der Waals surface area contributed by atoms with Crippen LogP contribution in [0.15, 0.2) is 54.1 Å². The molecule has 0 spiro atoms. The number of hydrogen-bond acceptors (Lipinski definition) is 6. The van der Waals surface area contributed by atoms with Crippen molar-refractivity contribution in [3.8, 4) is 5.75 Å². The van der Waals surface area contributed by atoms with Crippen LogP contribution in [0.1, 0.15) is 6.92 Å². The lowest BCUT2D eigenvalue weighted by Gasteiger charge is -2.18. The fourth-order valence-corrected chi connectivity index (χ4v) is 2.00. The highest BCUT2D eigenvalue weighted by molar-refractivity contribution is 5.78. The third-order valence-corrected chi connectivity index (χ3v) is 3.19. The standard InChI is InChI=1S/C15H18N4O2/c1-15(10-20-13-4-2-12(16)3-5-13)11-21-14(18-15)19-8-6-17-7-9-19/h2-9,17H,10-11,16H2,1H3. The predicted molar refractivity (Wildman–Crippen MR) is 81.4 cm³/mol. The zero-order valence-electron chi connectivity index (χ0n) is 11.8. The summed E-state index contributed by atoms with van der Waals surface area (Å²) in [6.07, 6.45) is 7.33. The second-order valence-corrected chi connectivity index (χ2v) is 5.24. The number of aliphatic imine (C=N–C) groups is 1. The van der Waals surface area contributed by atoms with Crippen LogP contribution in [0.5, 0.6) is 5.75 Å². The van der Waals surface area contributed by atoms with Gasteiger partial charge in [-0.1, -0.05) is 0 Å². The van der Waals surface area contributed by atoms with Crippen LogP contribution in [0.2, 0.25) is 0 Å². The maximum atomic E-state index is 5.77. The van der Waals surface area contributed by atoms with Crippen LogP contribution in [-0.4, -0.2) is 29.7 Å². The van der Waals surface area contributed by atoms with Crippen molar-refractivity contribution in [1.82, 2.24) is 10.2 Å². The molecule has 2 aliphatic rings. The molecule has 2 aliphatic heterocycles. The molecular formula is C15H18N4O2. The molecular weight excluding hydrogens is 268 g/mol. The number of nitrogens with two attached hydrogens (primary N) is 1. The highest BCUT2D eigenvalue weighted by Crippen LogP contribution is 2.23. The van der Waals surface area contributed by atoms with Gasteiger partial charge in [-0.15, -0.1) is 0 Å². The van der Waals surface area contributed by atoms with Crippen molar-refractivity contribution in [1.29, 1.82) is 0 Å². The summed E-state index contributed by atoms with van der Waals surface area (Å²) in [5.41, 5.74) is 5.97. The molecule has 110 valence electrons. The van der Waals surface area contributed by atoms with E-state index < -0.39 is 5.54 Å². The van der Waals surface area contributed by atoms with Gasteiger partial charge in [-0.05, 0) is 31.2 Å². The molecule has 0 saturated heterocycles. The van der Waals surface area contributed by atoms with Gasteiger partial charge in [0.25, 0.3) is 6.02 Å². The average Bonchev–Trinajstić information content (AvgIpc) is 2.91. The van der Waals surface area contributed by atoms with E-state index in [1.165, 1.54) is 0 Å². The van der Waals surface area contributed by atoms with Gasteiger partial charge in [0, 0.05) is 30.5 Å². The van der Waals surface area contributed by atoms with Gasteiger partial charge in [-0.25, -0.2) is 4.99 Å². The van der Waals surface area contributed by atoms with Crippen molar-refractivity contribution in [2.45, 2.75) is 12.5 Å². The Hall–Kier alpha value is -2.63. The Labute approximate surface area is 123 Å². The van der Waals surface area contributed by atoms with Crippen molar-refractivity contribution in [2.75, 3.05) is 18.9 Å². The van der Waals surface area contributed by atoms with E-state index in [0.29, 0.717) is 19.2 Å². The second-order valence-electron chi connectivity index (χ2n) is 5.24. The number of benzene rings is 1. The molecule has 21 heavy (non-hydrogen) atoms. The van der Waals surface area contributed by atoms with Gasteiger partial charge in [-0.2, -0.15) is 0 Å². The fraction of sp³-hybridized carbons (Fsp3) is 0.267. The molecule has 0 amide bonds. The minimum Gasteiger partial charge on any atom is -0.491 e. The molecule has 1 aromatic carbocycles. The molecule has 2 heterocycles. The quantitative estimate of drug-likeness (QED) is 0.827. The first-order valence-electron chi connectivity index (χ1n) is 6.73. The van der Waals surface area contributed by atoms with Gasteiger partial charge < -0.3 is 20.5 Å². The highest BCUT2D eigenvalue weighted by Gasteiger charge is 2.34. The van der Waals surface area contributed by atoms with E-state index >= 15 is 0 Å². The van der Waals surface area contributed by atoms with E-state index in [-0.39, 0.29) is 0 Å². The minimum atomic E-state index is -0.400. The topological polar surface area (TPSA) is 72.1 Å². The van der Waals surface area contributed by atoms with Crippen LogP contribution in [0, 0.1) is 0 Å². The normalized spacial score (nSPS) is 23.5. The first kappa shape index (κ1) is 13.4. The first-order valence-corrected chi connectivity index (χ1v) is 6.73. The Kier molecular flexibility index (Phi) is 3.43. The molecule has 1 atom stereocenters. The minimum absolute atomic E-state index is 0.400. The number of rotatable bonds is 3. The molecule has 0 radical (unpaired) electrons. The van der Waals surface area contributed by atoms with Crippen LogP contribution in [-0.2, 0) is 4.74 Å². The summed E-state index contributed by atoms with van der Waals surface area (Å²) in [6, 6.07) is 7.90. The lowest BCUT2D eigenvalue weighted by atomic mass is 10.1. The number of nitrogens with one attached hydrogen (secondary N) is 1. The van der Waals surface area contributed by atoms with Crippen LogP contribution >= 0.6 is 0 Å². The van der Waals surface area contributed by atoms with E-state index in [1.807, 2.05) is 60.9 Å². The zero-order valence-corrected chi connectivity index (χ0v) is 11.8. The average molecular weight is 286 g/mol. The maximum Gasteiger partial charge on any atom is 0.296 e. The maximum absolute atomic E-state index is 5.77. The molecule has 0 aliphatic carbocycles. The van der Waals surface area contributed by atoms with E-state index in [9.17, 15) is 0 Å². The number of ether oxygens (including phenoxy) is 2. The number of nitrogen functional groups attached to an aromatic ring is 1. The summed E-state index contributed by atoms with van der Waals surface area (Å²) in [4.78, 5) is 6.44. The molecule has 1 aromatic rings. The Balaban J connectivity index is 1.63. The number of nitrogens with zero attached hydrogens (tertiary/aromatic N) is 2. The van der Waals surface area contributed by atoms with Crippen molar-refractivity contribution < 1.29 is 9.47 Å². The summed E-state index contributed by atoms with van der Waals surface area (Å²) < 4.78 is 11.4. The lowest BCUT2D eigenvalue weighted by molar-refractivity contribution is 0.180. The fourth-order valence-electron chi connectivity index (χ4n) is 2.00. The van der Waals surface area contributed by atoms with E-state index in [4.69, 9.17) is 15.2 Å². The molecule has 3 N–H and O–H groups in total. The molecule has 0 bridgehead atoms. The van der Waals surface area contributed by atoms with E-state index in [1.54, 1.807) is 0 Å². The lowest BCUT2D eigenvalue weighted by Crippen LogP contribution is -2.31.